The summed E-state index contributed by atoms with van der Waals surface area (Å²) in [4.78, 5) is 0. The van der Waals surface area contributed by atoms with E-state index in [-0.39, 0.29) is 6.04 Å². The molecule has 0 aliphatic heterocycles. The summed E-state index contributed by atoms with van der Waals surface area (Å²) < 4.78 is 0. The first-order chi connectivity index (χ1) is 5.66. The van der Waals surface area contributed by atoms with Gasteiger partial charge in [-0.15, -0.1) is 0 Å². The number of benzene rings is 1. The Kier molecular flexibility index (Phi) is 2.66. The Hall–Kier alpha value is -1.08. The van der Waals surface area contributed by atoms with Crippen LogP contribution in [0, 0.1) is 6.92 Å². The lowest BCUT2D eigenvalue weighted by Gasteiger charge is -2.11. The van der Waals surface area contributed by atoms with Crippen molar-refractivity contribution in [3.63, 3.8) is 0 Å². The molecular formula is C11H15N. The highest BCUT2D eigenvalue weighted by Crippen LogP contribution is 2.19. The van der Waals surface area contributed by atoms with E-state index in [2.05, 4.69) is 19.6 Å². The first-order valence-corrected chi connectivity index (χ1v) is 4.14. The van der Waals surface area contributed by atoms with Crippen molar-refractivity contribution in [2.45, 2.75) is 19.9 Å². The lowest BCUT2D eigenvalue weighted by molar-refractivity contribution is 0.809. The van der Waals surface area contributed by atoms with Crippen LogP contribution in [0.3, 0.4) is 0 Å². The molecule has 0 aliphatic carbocycles. The van der Waals surface area contributed by atoms with Gasteiger partial charge in [-0.2, -0.15) is 0 Å². The molecule has 0 saturated heterocycles. The molecule has 1 heteroatoms. The summed E-state index contributed by atoms with van der Waals surface area (Å²) in [5.74, 6) is 0. The zero-order valence-electron chi connectivity index (χ0n) is 7.67. The molecule has 1 rings (SSSR count). The molecule has 64 valence electrons. The highest BCUT2D eigenvalue weighted by molar-refractivity contribution is 5.54. The maximum absolute atomic E-state index is 5.80. The maximum atomic E-state index is 5.80. The minimum Gasteiger partial charge on any atom is -0.324 e. The van der Waals surface area contributed by atoms with Gasteiger partial charge in [-0.3, -0.25) is 0 Å². The van der Waals surface area contributed by atoms with E-state index in [0.29, 0.717) is 0 Å². The van der Waals surface area contributed by atoms with Crippen LogP contribution in [0.5, 0.6) is 0 Å². The molecule has 0 saturated carbocycles. The third-order valence-corrected chi connectivity index (χ3v) is 2.13. The van der Waals surface area contributed by atoms with Crippen molar-refractivity contribution in [2.24, 2.45) is 5.73 Å². The SMILES string of the molecule is C=Cc1cccc([C@@H](C)N)c1C. The number of rotatable bonds is 2. The Balaban J connectivity index is 3.22. The lowest BCUT2D eigenvalue weighted by Crippen LogP contribution is -2.07. The van der Waals surface area contributed by atoms with E-state index in [1.54, 1.807) is 0 Å². The summed E-state index contributed by atoms with van der Waals surface area (Å²) in [6.07, 6.45) is 1.86. The Morgan fingerprint density at radius 1 is 1.50 bits per heavy atom. The van der Waals surface area contributed by atoms with Crippen LogP contribution in [0.25, 0.3) is 6.08 Å². The first-order valence-electron chi connectivity index (χ1n) is 4.14. The van der Waals surface area contributed by atoms with Crippen molar-refractivity contribution in [2.75, 3.05) is 0 Å². The Labute approximate surface area is 73.9 Å². The van der Waals surface area contributed by atoms with E-state index in [1.807, 2.05) is 25.1 Å². The first kappa shape index (κ1) is 9.01. The minimum atomic E-state index is 0.102. The fraction of sp³-hybridized carbons (Fsp3) is 0.273. The van der Waals surface area contributed by atoms with Crippen molar-refractivity contribution in [1.29, 1.82) is 0 Å². The van der Waals surface area contributed by atoms with Crippen molar-refractivity contribution >= 4 is 6.08 Å². The average molecular weight is 161 g/mol. The largest absolute Gasteiger partial charge is 0.324 e. The molecule has 0 heterocycles. The third-order valence-electron chi connectivity index (χ3n) is 2.13. The molecule has 0 amide bonds. The van der Waals surface area contributed by atoms with Crippen LogP contribution >= 0.6 is 0 Å². The third kappa shape index (κ3) is 1.56. The van der Waals surface area contributed by atoms with Crippen LogP contribution in [-0.4, -0.2) is 0 Å². The molecule has 1 aromatic rings. The highest BCUT2D eigenvalue weighted by atomic mass is 14.6. The minimum absolute atomic E-state index is 0.102. The standard InChI is InChI=1S/C11H15N/c1-4-10-6-5-7-11(8(10)2)9(3)12/h4-7,9H,1,12H2,2-3H3/t9-/m1/s1. The van der Waals surface area contributed by atoms with Gasteiger partial charge in [0.25, 0.3) is 0 Å². The summed E-state index contributed by atoms with van der Waals surface area (Å²) in [5, 5.41) is 0. The van der Waals surface area contributed by atoms with Crippen LogP contribution in [-0.2, 0) is 0 Å². The van der Waals surface area contributed by atoms with E-state index in [9.17, 15) is 0 Å². The van der Waals surface area contributed by atoms with E-state index >= 15 is 0 Å². The van der Waals surface area contributed by atoms with Gasteiger partial charge in [-0.25, -0.2) is 0 Å². The predicted octanol–water partition coefficient (Wildman–Crippen LogP) is 2.66. The fourth-order valence-corrected chi connectivity index (χ4v) is 1.39. The van der Waals surface area contributed by atoms with Gasteiger partial charge in [0.2, 0.25) is 0 Å². The second-order valence-corrected chi connectivity index (χ2v) is 3.05. The zero-order chi connectivity index (χ0) is 9.14. The maximum Gasteiger partial charge on any atom is 0.0268 e. The molecule has 1 atom stereocenters. The van der Waals surface area contributed by atoms with Gasteiger partial charge in [-0.05, 0) is 30.5 Å². The summed E-state index contributed by atoms with van der Waals surface area (Å²) >= 11 is 0. The molecular weight excluding hydrogens is 146 g/mol. The summed E-state index contributed by atoms with van der Waals surface area (Å²) in [6.45, 7) is 7.83. The molecule has 0 spiro atoms. The number of hydrogen-bond donors (Lipinski definition) is 1. The van der Waals surface area contributed by atoms with E-state index in [4.69, 9.17) is 5.73 Å². The van der Waals surface area contributed by atoms with Gasteiger partial charge in [0, 0.05) is 6.04 Å². The molecule has 0 fully saturated rings. The number of nitrogens with two attached hydrogens (primary N) is 1. The van der Waals surface area contributed by atoms with E-state index in [0.717, 1.165) is 0 Å². The van der Waals surface area contributed by atoms with Crippen LogP contribution < -0.4 is 5.73 Å². The molecule has 1 aromatic carbocycles. The van der Waals surface area contributed by atoms with Gasteiger partial charge in [0.1, 0.15) is 0 Å². The summed E-state index contributed by atoms with van der Waals surface area (Å²) in [6, 6.07) is 6.23. The lowest BCUT2D eigenvalue weighted by atomic mass is 9.98. The highest BCUT2D eigenvalue weighted by Gasteiger charge is 2.04. The Morgan fingerprint density at radius 3 is 2.67 bits per heavy atom. The average Bonchev–Trinajstić information content (AvgIpc) is 2.04. The van der Waals surface area contributed by atoms with E-state index < -0.39 is 0 Å². The molecule has 2 N–H and O–H groups in total. The van der Waals surface area contributed by atoms with Crippen LogP contribution in [0.1, 0.15) is 29.7 Å². The second-order valence-electron chi connectivity index (χ2n) is 3.05. The van der Waals surface area contributed by atoms with Crippen molar-refractivity contribution in [1.82, 2.24) is 0 Å². The topological polar surface area (TPSA) is 26.0 Å². The second kappa shape index (κ2) is 3.55. The van der Waals surface area contributed by atoms with Gasteiger partial charge in [-0.1, -0.05) is 30.9 Å². The van der Waals surface area contributed by atoms with Crippen molar-refractivity contribution < 1.29 is 0 Å². The Bertz CT molecular complexity index is 287. The monoisotopic (exact) mass is 161 g/mol. The molecule has 0 unspecified atom stereocenters. The molecule has 0 bridgehead atoms. The quantitative estimate of drug-likeness (QED) is 0.709. The Morgan fingerprint density at radius 2 is 2.17 bits per heavy atom. The fourth-order valence-electron chi connectivity index (χ4n) is 1.39. The summed E-state index contributed by atoms with van der Waals surface area (Å²) in [5.41, 5.74) is 9.41. The van der Waals surface area contributed by atoms with Crippen molar-refractivity contribution in [3.05, 3.63) is 41.5 Å². The van der Waals surface area contributed by atoms with Gasteiger partial charge >= 0.3 is 0 Å². The predicted molar refractivity (Wildman–Crippen MR) is 53.9 cm³/mol. The molecule has 0 aliphatic rings. The normalized spacial score (nSPS) is 12.6. The van der Waals surface area contributed by atoms with Gasteiger partial charge in [0.15, 0.2) is 0 Å². The van der Waals surface area contributed by atoms with Crippen LogP contribution in [0.15, 0.2) is 24.8 Å². The van der Waals surface area contributed by atoms with Crippen LogP contribution in [0.4, 0.5) is 0 Å². The number of hydrogen-bond acceptors (Lipinski definition) is 1. The van der Waals surface area contributed by atoms with Gasteiger partial charge in [0.05, 0.1) is 0 Å². The van der Waals surface area contributed by atoms with Crippen LogP contribution in [0.2, 0.25) is 0 Å². The molecule has 1 nitrogen and oxygen atoms in total. The molecule has 0 aromatic heterocycles. The smallest absolute Gasteiger partial charge is 0.0268 e. The van der Waals surface area contributed by atoms with Gasteiger partial charge < -0.3 is 5.73 Å². The van der Waals surface area contributed by atoms with Crippen molar-refractivity contribution in [3.8, 4) is 0 Å². The summed E-state index contributed by atoms with van der Waals surface area (Å²) in [7, 11) is 0. The van der Waals surface area contributed by atoms with E-state index in [1.165, 1.54) is 16.7 Å². The molecule has 0 radical (unpaired) electrons. The molecule has 12 heavy (non-hydrogen) atoms. The zero-order valence-corrected chi connectivity index (χ0v) is 7.67.